The quantitative estimate of drug-likeness (QED) is 0.727. The Kier molecular flexibility index (Phi) is 2.58. The SMILES string of the molecule is CC1(c2cc(F)c(F)c(F)c2O)CCCN1. The minimum atomic E-state index is -1.64. The van der Waals surface area contributed by atoms with E-state index < -0.39 is 28.7 Å². The lowest BCUT2D eigenvalue weighted by molar-refractivity contribution is 0.349. The summed E-state index contributed by atoms with van der Waals surface area (Å²) in [5.41, 5.74) is -0.624. The molecule has 0 saturated carbocycles. The zero-order chi connectivity index (χ0) is 11.9. The summed E-state index contributed by atoms with van der Waals surface area (Å²) in [4.78, 5) is 0. The van der Waals surface area contributed by atoms with E-state index >= 15 is 0 Å². The van der Waals surface area contributed by atoms with Crippen LogP contribution in [0, 0.1) is 17.5 Å². The molecule has 0 aromatic heterocycles. The summed E-state index contributed by atoms with van der Waals surface area (Å²) in [5, 5.41) is 12.6. The summed E-state index contributed by atoms with van der Waals surface area (Å²) in [6.07, 6.45) is 1.49. The highest BCUT2D eigenvalue weighted by Crippen LogP contribution is 2.38. The average molecular weight is 231 g/mol. The fraction of sp³-hybridized carbons (Fsp3) is 0.455. The molecule has 2 N–H and O–H groups in total. The predicted molar refractivity (Wildman–Crippen MR) is 52.6 cm³/mol. The molecule has 1 fully saturated rings. The van der Waals surface area contributed by atoms with Crippen molar-refractivity contribution in [1.82, 2.24) is 5.32 Å². The highest BCUT2D eigenvalue weighted by Gasteiger charge is 2.35. The second-order valence-corrected chi connectivity index (χ2v) is 4.24. The third-order valence-corrected chi connectivity index (χ3v) is 3.10. The molecule has 1 aliphatic heterocycles. The van der Waals surface area contributed by atoms with Crippen LogP contribution in [0.4, 0.5) is 13.2 Å². The molecule has 0 bridgehead atoms. The zero-order valence-corrected chi connectivity index (χ0v) is 8.78. The Labute approximate surface area is 91.1 Å². The maximum atomic E-state index is 13.2. The smallest absolute Gasteiger partial charge is 0.203 e. The Hall–Kier alpha value is -1.23. The van der Waals surface area contributed by atoms with Gasteiger partial charge in [0.2, 0.25) is 5.82 Å². The molecular weight excluding hydrogens is 219 g/mol. The monoisotopic (exact) mass is 231 g/mol. The molecule has 2 nitrogen and oxygen atoms in total. The minimum Gasteiger partial charge on any atom is -0.505 e. The summed E-state index contributed by atoms with van der Waals surface area (Å²) in [6, 6.07) is 0.853. The lowest BCUT2D eigenvalue weighted by Crippen LogP contribution is -2.33. The van der Waals surface area contributed by atoms with Crippen molar-refractivity contribution in [2.24, 2.45) is 0 Å². The average Bonchev–Trinajstić information content (AvgIpc) is 2.68. The van der Waals surface area contributed by atoms with Crippen molar-refractivity contribution in [1.29, 1.82) is 0 Å². The Morgan fingerprint density at radius 2 is 2.00 bits per heavy atom. The number of hydrogen-bond donors (Lipinski definition) is 2. The predicted octanol–water partition coefficient (Wildman–Crippen LogP) is 2.41. The van der Waals surface area contributed by atoms with Gasteiger partial charge < -0.3 is 10.4 Å². The van der Waals surface area contributed by atoms with Gasteiger partial charge in [-0.05, 0) is 32.4 Å². The zero-order valence-electron chi connectivity index (χ0n) is 8.78. The van der Waals surface area contributed by atoms with E-state index in [0.29, 0.717) is 13.0 Å². The van der Waals surface area contributed by atoms with Gasteiger partial charge >= 0.3 is 0 Å². The summed E-state index contributed by atoms with van der Waals surface area (Å²) in [5.74, 6) is -5.25. The van der Waals surface area contributed by atoms with Crippen molar-refractivity contribution in [2.45, 2.75) is 25.3 Å². The van der Waals surface area contributed by atoms with Crippen LogP contribution >= 0.6 is 0 Å². The van der Waals surface area contributed by atoms with Gasteiger partial charge in [-0.2, -0.15) is 4.39 Å². The second-order valence-electron chi connectivity index (χ2n) is 4.24. The van der Waals surface area contributed by atoms with E-state index in [4.69, 9.17) is 0 Å². The van der Waals surface area contributed by atoms with E-state index in [1.807, 2.05) is 0 Å². The molecule has 1 aromatic rings. The Morgan fingerprint density at radius 1 is 1.31 bits per heavy atom. The molecule has 0 aliphatic carbocycles. The molecule has 1 heterocycles. The lowest BCUT2D eigenvalue weighted by Gasteiger charge is -2.26. The normalized spacial score (nSPS) is 25.0. The molecule has 2 rings (SSSR count). The topological polar surface area (TPSA) is 32.3 Å². The summed E-state index contributed by atoms with van der Waals surface area (Å²) < 4.78 is 39.1. The minimum absolute atomic E-state index is 0.0707. The van der Waals surface area contributed by atoms with Gasteiger partial charge in [0.25, 0.3) is 0 Å². The molecule has 1 aromatic carbocycles. The Bertz CT molecular complexity index is 428. The van der Waals surface area contributed by atoms with Crippen LogP contribution in [0.5, 0.6) is 5.75 Å². The second kappa shape index (κ2) is 3.66. The number of hydrogen-bond acceptors (Lipinski definition) is 2. The first kappa shape index (κ1) is 11.3. The van der Waals surface area contributed by atoms with Crippen molar-refractivity contribution in [3.05, 3.63) is 29.1 Å². The molecule has 1 atom stereocenters. The fourth-order valence-corrected chi connectivity index (χ4v) is 2.13. The van der Waals surface area contributed by atoms with E-state index in [2.05, 4.69) is 5.32 Å². The number of phenols is 1. The standard InChI is InChI=1S/C11H12F3NO/c1-11(3-2-4-15-11)6-5-7(12)8(13)9(14)10(6)16/h5,15-16H,2-4H2,1H3. The van der Waals surface area contributed by atoms with Crippen molar-refractivity contribution >= 4 is 0 Å². The van der Waals surface area contributed by atoms with Gasteiger partial charge in [-0.15, -0.1) is 0 Å². The number of aromatic hydroxyl groups is 1. The Balaban J connectivity index is 2.57. The van der Waals surface area contributed by atoms with Crippen LogP contribution in [0.25, 0.3) is 0 Å². The molecule has 0 spiro atoms. The van der Waals surface area contributed by atoms with Crippen LogP contribution in [-0.4, -0.2) is 11.7 Å². The maximum absolute atomic E-state index is 13.2. The highest BCUT2D eigenvalue weighted by atomic mass is 19.2. The summed E-state index contributed by atoms with van der Waals surface area (Å²) in [6.45, 7) is 2.43. The van der Waals surface area contributed by atoms with Crippen LogP contribution in [0.15, 0.2) is 6.07 Å². The van der Waals surface area contributed by atoms with Gasteiger partial charge in [0.15, 0.2) is 17.4 Å². The summed E-state index contributed by atoms with van der Waals surface area (Å²) >= 11 is 0. The van der Waals surface area contributed by atoms with Crippen molar-refractivity contribution in [2.75, 3.05) is 6.54 Å². The van der Waals surface area contributed by atoms with Gasteiger partial charge in [0.1, 0.15) is 0 Å². The largest absolute Gasteiger partial charge is 0.505 e. The molecule has 88 valence electrons. The van der Waals surface area contributed by atoms with Gasteiger partial charge in [-0.25, -0.2) is 8.78 Å². The number of halogens is 3. The van der Waals surface area contributed by atoms with E-state index in [1.54, 1.807) is 6.92 Å². The summed E-state index contributed by atoms with van der Waals surface area (Å²) in [7, 11) is 0. The van der Waals surface area contributed by atoms with Crippen LogP contribution in [0.2, 0.25) is 0 Å². The molecule has 1 saturated heterocycles. The van der Waals surface area contributed by atoms with Gasteiger partial charge in [-0.3, -0.25) is 0 Å². The molecule has 1 aliphatic rings. The first-order valence-electron chi connectivity index (χ1n) is 5.08. The van der Waals surface area contributed by atoms with Crippen LogP contribution in [0.1, 0.15) is 25.3 Å². The van der Waals surface area contributed by atoms with Gasteiger partial charge in [0.05, 0.1) is 0 Å². The number of rotatable bonds is 1. The van der Waals surface area contributed by atoms with E-state index in [-0.39, 0.29) is 5.56 Å². The molecular formula is C11H12F3NO. The lowest BCUT2D eigenvalue weighted by atomic mass is 9.89. The van der Waals surface area contributed by atoms with Crippen LogP contribution in [0.3, 0.4) is 0 Å². The van der Waals surface area contributed by atoms with Crippen LogP contribution in [-0.2, 0) is 5.54 Å². The van der Waals surface area contributed by atoms with E-state index in [9.17, 15) is 18.3 Å². The van der Waals surface area contributed by atoms with Gasteiger partial charge in [0, 0.05) is 11.1 Å². The molecule has 16 heavy (non-hydrogen) atoms. The molecule has 1 unspecified atom stereocenters. The molecule has 5 heteroatoms. The van der Waals surface area contributed by atoms with Crippen LogP contribution < -0.4 is 5.32 Å². The van der Waals surface area contributed by atoms with Crippen molar-refractivity contribution < 1.29 is 18.3 Å². The van der Waals surface area contributed by atoms with Crippen molar-refractivity contribution in [3.8, 4) is 5.75 Å². The Morgan fingerprint density at radius 3 is 2.56 bits per heavy atom. The first-order chi connectivity index (χ1) is 7.46. The van der Waals surface area contributed by atoms with E-state index in [1.165, 1.54) is 0 Å². The molecule has 0 radical (unpaired) electrons. The third-order valence-electron chi connectivity index (χ3n) is 3.10. The third kappa shape index (κ3) is 1.55. The fourth-order valence-electron chi connectivity index (χ4n) is 2.13. The van der Waals surface area contributed by atoms with E-state index in [0.717, 1.165) is 12.5 Å². The number of nitrogens with one attached hydrogen (secondary N) is 1. The molecule has 0 amide bonds. The van der Waals surface area contributed by atoms with Gasteiger partial charge in [-0.1, -0.05) is 0 Å². The highest BCUT2D eigenvalue weighted by molar-refractivity contribution is 5.40. The van der Waals surface area contributed by atoms with Crippen molar-refractivity contribution in [3.63, 3.8) is 0 Å². The first-order valence-corrected chi connectivity index (χ1v) is 5.08. The number of benzene rings is 1. The number of phenolic OH excluding ortho intramolecular Hbond substituents is 1. The maximum Gasteiger partial charge on any atom is 0.203 e.